The minimum absolute atomic E-state index is 0.513. The molecule has 0 aliphatic carbocycles. The number of hydrogen-bond donors (Lipinski definition) is 0. The zero-order chi connectivity index (χ0) is 15.5. The molecule has 6 heteroatoms. The normalized spacial score (nSPS) is 15.8. The van der Waals surface area contributed by atoms with Crippen molar-refractivity contribution in [2.75, 3.05) is 37.6 Å². The molecule has 0 radical (unpaired) electrons. The predicted octanol–water partition coefficient (Wildman–Crippen LogP) is 1.53. The van der Waals surface area contributed by atoms with Gasteiger partial charge in [0.25, 0.3) is 0 Å². The van der Waals surface area contributed by atoms with Gasteiger partial charge < -0.3 is 4.90 Å². The maximum atomic E-state index is 8.79. The van der Waals surface area contributed by atoms with Gasteiger partial charge in [-0.2, -0.15) is 10.4 Å². The Morgan fingerprint density at radius 1 is 1.18 bits per heavy atom. The topological polar surface area (TPSA) is 61.0 Å². The molecule has 22 heavy (non-hydrogen) atoms. The van der Waals surface area contributed by atoms with Crippen LogP contribution in [0.15, 0.2) is 24.4 Å². The van der Waals surface area contributed by atoms with E-state index in [1.54, 1.807) is 6.20 Å². The summed E-state index contributed by atoms with van der Waals surface area (Å²) in [4.78, 5) is 8.93. The number of pyridine rings is 1. The lowest BCUT2D eigenvalue weighted by Crippen LogP contribution is -2.46. The minimum atomic E-state index is 0.513. The predicted molar refractivity (Wildman–Crippen MR) is 85.1 cm³/mol. The molecule has 0 spiro atoms. The number of nitriles is 1. The van der Waals surface area contributed by atoms with Crippen LogP contribution in [0.5, 0.6) is 0 Å². The van der Waals surface area contributed by atoms with Gasteiger partial charge in [-0.25, -0.2) is 9.67 Å². The highest BCUT2D eigenvalue weighted by Crippen LogP contribution is 2.27. The van der Waals surface area contributed by atoms with Gasteiger partial charge in [-0.1, -0.05) is 6.07 Å². The highest BCUT2D eigenvalue weighted by molar-refractivity contribution is 5.56. The average molecular weight is 296 g/mol. The standard InChI is InChI=1S/C16H20N6/c1-13-16(21-11-9-20(8-6-17)10-12-21)14(2)22(19-13)15-5-3-4-7-18-15/h3-5,7H,8-12H2,1-2H3. The van der Waals surface area contributed by atoms with E-state index in [9.17, 15) is 0 Å². The second kappa shape index (κ2) is 6.16. The lowest BCUT2D eigenvalue weighted by Gasteiger charge is -2.35. The van der Waals surface area contributed by atoms with E-state index in [2.05, 4.69) is 32.9 Å². The van der Waals surface area contributed by atoms with Crippen LogP contribution in [-0.2, 0) is 0 Å². The highest BCUT2D eigenvalue weighted by atomic mass is 15.4. The van der Waals surface area contributed by atoms with E-state index in [0.29, 0.717) is 6.54 Å². The van der Waals surface area contributed by atoms with Crippen molar-refractivity contribution in [1.82, 2.24) is 19.7 Å². The molecule has 3 heterocycles. The van der Waals surface area contributed by atoms with Gasteiger partial charge in [0, 0.05) is 32.4 Å². The molecule has 1 aliphatic heterocycles. The van der Waals surface area contributed by atoms with Crippen molar-refractivity contribution in [2.45, 2.75) is 13.8 Å². The fraction of sp³-hybridized carbons (Fsp3) is 0.438. The Morgan fingerprint density at radius 2 is 1.95 bits per heavy atom. The van der Waals surface area contributed by atoms with Crippen molar-refractivity contribution in [3.63, 3.8) is 0 Å². The van der Waals surface area contributed by atoms with Crippen molar-refractivity contribution in [3.8, 4) is 11.9 Å². The third kappa shape index (κ3) is 2.68. The zero-order valence-electron chi connectivity index (χ0n) is 13.0. The van der Waals surface area contributed by atoms with E-state index in [1.165, 1.54) is 5.69 Å². The van der Waals surface area contributed by atoms with Crippen LogP contribution in [0.2, 0.25) is 0 Å². The van der Waals surface area contributed by atoms with Crippen molar-refractivity contribution < 1.29 is 0 Å². The molecule has 6 nitrogen and oxygen atoms in total. The molecule has 2 aromatic heterocycles. The maximum absolute atomic E-state index is 8.79. The lowest BCUT2D eigenvalue weighted by atomic mass is 10.2. The van der Waals surface area contributed by atoms with Gasteiger partial charge in [-0.15, -0.1) is 0 Å². The molecule has 0 aromatic carbocycles. The number of anilines is 1. The molecular weight excluding hydrogens is 276 g/mol. The summed E-state index contributed by atoms with van der Waals surface area (Å²) in [7, 11) is 0. The third-order valence-electron chi connectivity index (χ3n) is 4.10. The first-order valence-corrected chi connectivity index (χ1v) is 7.52. The molecule has 2 aromatic rings. The van der Waals surface area contributed by atoms with Crippen LogP contribution in [0.3, 0.4) is 0 Å². The Kier molecular flexibility index (Phi) is 4.07. The van der Waals surface area contributed by atoms with Gasteiger partial charge in [-0.05, 0) is 26.0 Å². The average Bonchev–Trinajstić information content (AvgIpc) is 2.84. The minimum Gasteiger partial charge on any atom is -0.366 e. The quantitative estimate of drug-likeness (QED) is 0.804. The van der Waals surface area contributed by atoms with Crippen LogP contribution in [-0.4, -0.2) is 52.4 Å². The second-order valence-electron chi connectivity index (χ2n) is 5.54. The largest absolute Gasteiger partial charge is 0.366 e. The molecule has 114 valence electrons. The summed E-state index contributed by atoms with van der Waals surface area (Å²) in [6, 6.07) is 8.07. The number of hydrogen-bond acceptors (Lipinski definition) is 5. The van der Waals surface area contributed by atoms with Gasteiger partial charge in [0.05, 0.1) is 29.7 Å². The van der Waals surface area contributed by atoms with Crippen LogP contribution in [0.25, 0.3) is 5.82 Å². The molecule has 0 atom stereocenters. The van der Waals surface area contributed by atoms with E-state index in [-0.39, 0.29) is 0 Å². The first-order chi connectivity index (χ1) is 10.7. The summed E-state index contributed by atoms with van der Waals surface area (Å²) in [6.07, 6.45) is 1.78. The Balaban J connectivity index is 1.84. The molecule has 0 amide bonds. The Morgan fingerprint density at radius 3 is 2.59 bits per heavy atom. The van der Waals surface area contributed by atoms with Crippen molar-refractivity contribution >= 4 is 5.69 Å². The highest BCUT2D eigenvalue weighted by Gasteiger charge is 2.23. The molecule has 1 saturated heterocycles. The SMILES string of the molecule is Cc1nn(-c2ccccn2)c(C)c1N1CCN(CC#N)CC1. The molecule has 0 saturated carbocycles. The zero-order valence-corrected chi connectivity index (χ0v) is 13.0. The monoisotopic (exact) mass is 296 g/mol. The van der Waals surface area contributed by atoms with Gasteiger partial charge in [0.1, 0.15) is 0 Å². The van der Waals surface area contributed by atoms with Gasteiger partial charge in [0.2, 0.25) is 0 Å². The smallest absolute Gasteiger partial charge is 0.153 e. The molecule has 0 unspecified atom stereocenters. The first-order valence-electron chi connectivity index (χ1n) is 7.52. The molecule has 1 fully saturated rings. The number of nitrogens with zero attached hydrogens (tertiary/aromatic N) is 6. The molecule has 0 bridgehead atoms. The van der Waals surface area contributed by atoms with Crippen molar-refractivity contribution in [3.05, 3.63) is 35.8 Å². The van der Waals surface area contributed by atoms with Crippen LogP contribution in [0.1, 0.15) is 11.4 Å². The fourth-order valence-electron chi connectivity index (χ4n) is 3.02. The molecular formula is C16H20N6. The summed E-state index contributed by atoms with van der Waals surface area (Å²) in [6.45, 7) is 8.34. The van der Waals surface area contributed by atoms with Gasteiger partial charge in [0.15, 0.2) is 5.82 Å². The van der Waals surface area contributed by atoms with E-state index in [0.717, 1.165) is 43.4 Å². The summed E-state index contributed by atoms with van der Waals surface area (Å²) < 4.78 is 1.91. The van der Waals surface area contributed by atoms with Gasteiger partial charge >= 0.3 is 0 Å². The van der Waals surface area contributed by atoms with E-state index in [1.807, 2.05) is 29.8 Å². The Bertz CT molecular complexity index is 677. The number of rotatable bonds is 3. The molecule has 0 N–H and O–H groups in total. The molecule has 1 aliphatic rings. The summed E-state index contributed by atoms with van der Waals surface area (Å²) in [5.74, 6) is 0.845. The van der Waals surface area contributed by atoms with Gasteiger partial charge in [-0.3, -0.25) is 4.90 Å². The van der Waals surface area contributed by atoms with Crippen LogP contribution in [0.4, 0.5) is 5.69 Å². The lowest BCUT2D eigenvalue weighted by molar-refractivity contribution is 0.287. The maximum Gasteiger partial charge on any atom is 0.153 e. The molecule has 3 rings (SSSR count). The Hall–Kier alpha value is -2.39. The Labute approximate surface area is 130 Å². The van der Waals surface area contributed by atoms with E-state index >= 15 is 0 Å². The fourth-order valence-corrected chi connectivity index (χ4v) is 3.02. The summed E-state index contributed by atoms with van der Waals surface area (Å²) in [5.41, 5.74) is 3.34. The van der Waals surface area contributed by atoms with Crippen molar-refractivity contribution in [1.29, 1.82) is 5.26 Å². The first kappa shape index (κ1) is 14.5. The van der Waals surface area contributed by atoms with Crippen LogP contribution < -0.4 is 4.90 Å². The number of aromatic nitrogens is 3. The van der Waals surface area contributed by atoms with Crippen LogP contribution in [0, 0.1) is 25.2 Å². The van der Waals surface area contributed by atoms with Crippen molar-refractivity contribution in [2.24, 2.45) is 0 Å². The summed E-state index contributed by atoms with van der Waals surface area (Å²) >= 11 is 0. The van der Waals surface area contributed by atoms with E-state index in [4.69, 9.17) is 5.26 Å². The second-order valence-corrected chi connectivity index (χ2v) is 5.54. The summed E-state index contributed by atoms with van der Waals surface area (Å²) in [5, 5.41) is 13.5. The third-order valence-corrected chi connectivity index (χ3v) is 4.10. The van der Waals surface area contributed by atoms with E-state index < -0.39 is 0 Å². The number of piperazine rings is 1. The van der Waals surface area contributed by atoms with Crippen LogP contribution >= 0.6 is 0 Å². The number of aryl methyl sites for hydroxylation is 1.